The molecule has 0 aliphatic rings. The van der Waals surface area contributed by atoms with Crippen LogP contribution in [0.25, 0.3) is 11.3 Å². The highest BCUT2D eigenvalue weighted by molar-refractivity contribution is 7.92. The van der Waals surface area contributed by atoms with Crippen molar-refractivity contribution in [1.82, 2.24) is 19.7 Å². The molecule has 3 rings (SSSR count). The highest BCUT2D eigenvalue weighted by Gasteiger charge is 2.17. The number of benzene rings is 1. The molecule has 21 heavy (non-hydrogen) atoms. The van der Waals surface area contributed by atoms with Gasteiger partial charge in [-0.3, -0.25) is 9.82 Å². The minimum atomic E-state index is -3.69. The van der Waals surface area contributed by atoms with E-state index in [1.807, 2.05) is 12.1 Å². The highest BCUT2D eigenvalue weighted by Crippen LogP contribution is 2.22. The summed E-state index contributed by atoms with van der Waals surface area (Å²) in [6, 6.07) is 8.86. The highest BCUT2D eigenvalue weighted by atomic mass is 32.2. The van der Waals surface area contributed by atoms with Crippen molar-refractivity contribution in [2.75, 3.05) is 4.72 Å². The van der Waals surface area contributed by atoms with Crippen LogP contribution in [0.4, 0.5) is 5.69 Å². The van der Waals surface area contributed by atoms with Crippen LogP contribution in [0.3, 0.4) is 0 Å². The van der Waals surface area contributed by atoms with Gasteiger partial charge in [0.15, 0.2) is 5.03 Å². The third-order valence-corrected chi connectivity index (χ3v) is 4.15. The Morgan fingerprint density at radius 3 is 2.81 bits per heavy atom. The third kappa shape index (κ3) is 2.79. The average Bonchev–Trinajstić information content (AvgIpc) is 3.09. The van der Waals surface area contributed by atoms with Crippen molar-refractivity contribution in [2.24, 2.45) is 7.05 Å². The molecule has 2 heterocycles. The first kappa shape index (κ1) is 13.4. The fourth-order valence-electron chi connectivity index (χ4n) is 1.90. The van der Waals surface area contributed by atoms with E-state index >= 15 is 0 Å². The summed E-state index contributed by atoms with van der Waals surface area (Å²) in [4.78, 5) is 3.85. The first-order valence-corrected chi connectivity index (χ1v) is 7.63. The van der Waals surface area contributed by atoms with E-state index in [-0.39, 0.29) is 5.03 Å². The second kappa shape index (κ2) is 5.06. The van der Waals surface area contributed by atoms with E-state index in [1.165, 1.54) is 12.5 Å². The maximum Gasteiger partial charge on any atom is 0.280 e. The zero-order valence-corrected chi connectivity index (χ0v) is 12.0. The minimum Gasteiger partial charge on any atom is -0.339 e. The third-order valence-electron chi connectivity index (χ3n) is 2.88. The Hall–Kier alpha value is -2.61. The van der Waals surface area contributed by atoms with Gasteiger partial charge in [0.05, 0.1) is 12.0 Å². The topological polar surface area (TPSA) is 92.7 Å². The van der Waals surface area contributed by atoms with Crippen molar-refractivity contribution in [3.8, 4) is 11.3 Å². The molecule has 0 saturated carbocycles. The predicted octanol–water partition coefficient (Wildman–Crippen LogP) is 1.61. The smallest absolute Gasteiger partial charge is 0.280 e. The maximum atomic E-state index is 12.2. The maximum absolute atomic E-state index is 12.2. The summed E-state index contributed by atoms with van der Waals surface area (Å²) < 4.78 is 28.5. The molecule has 0 amide bonds. The van der Waals surface area contributed by atoms with E-state index in [4.69, 9.17) is 0 Å². The van der Waals surface area contributed by atoms with Gasteiger partial charge >= 0.3 is 0 Å². The molecule has 0 aliphatic carbocycles. The SMILES string of the molecule is Cn1cnc(S(=O)(=O)Nc2cccc(-c3ccn[nH]3)c2)c1. The first-order chi connectivity index (χ1) is 10.0. The number of rotatable bonds is 4. The molecule has 0 fully saturated rings. The second-order valence-electron chi connectivity index (χ2n) is 4.53. The average molecular weight is 303 g/mol. The molecule has 2 N–H and O–H groups in total. The Bertz CT molecular complexity index is 852. The summed E-state index contributed by atoms with van der Waals surface area (Å²) in [5.41, 5.74) is 2.12. The number of sulfonamides is 1. The van der Waals surface area contributed by atoms with Gasteiger partial charge in [-0.2, -0.15) is 13.5 Å². The number of hydrogen-bond donors (Lipinski definition) is 2. The number of aromatic nitrogens is 4. The van der Waals surface area contributed by atoms with Crippen LogP contribution in [0.15, 0.2) is 54.1 Å². The molecule has 0 saturated heterocycles. The first-order valence-electron chi connectivity index (χ1n) is 6.15. The molecule has 108 valence electrons. The van der Waals surface area contributed by atoms with Gasteiger partial charge in [0.25, 0.3) is 10.0 Å². The molecule has 8 heteroatoms. The molecule has 1 aromatic carbocycles. The fraction of sp³-hybridized carbons (Fsp3) is 0.0769. The quantitative estimate of drug-likeness (QED) is 0.766. The van der Waals surface area contributed by atoms with Crippen LogP contribution >= 0.6 is 0 Å². The van der Waals surface area contributed by atoms with Crippen LogP contribution in [-0.4, -0.2) is 28.2 Å². The van der Waals surface area contributed by atoms with Crippen molar-refractivity contribution in [3.63, 3.8) is 0 Å². The summed E-state index contributed by atoms with van der Waals surface area (Å²) in [7, 11) is -1.97. The number of imidazole rings is 1. The number of aromatic amines is 1. The Morgan fingerprint density at radius 2 is 2.14 bits per heavy atom. The summed E-state index contributed by atoms with van der Waals surface area (Å²) in [5, 5.41) is 6.70. The normalized spacial score (nSPS) is 11.5. The fourth-order valence-corrected chi connectivity index (χ4v) is 2.93. The zero-order valence-electron chi connectivity index (χ0n) is 11.2. The van der Waals surface area contributed by atoms with Gasteiger partial charge < -0.3 is 4.57 Å². The summed E-state index contributed by atoms with van der Waals surface area (Å²) in [5.74, 6) is 0. The molecule has 0 spiro atoms. The molecule has 2 aromatic heterocycles. The molecule has 7 nitrogen and oxygen atoms in total. The molecule has 0 bridgehead atoms. The zero-order chi connectivity index (χ0) is 14.9. The van der Waals surface area contributed by atoms with E-state index in [0.717, 1.165) is 11.3 Å². The van der Waals surface area contributed by atoms with Crippen molar-refractivity contribution in [3.05, 3.63) is 49.1 Å². The van der Waals surface area contributed by atoms with Gasteiger partial charge in [0.2, 0.25) is 0 Å². The minimum absolute atomic E-state index is 0.0167. The molecule has 0 unspecified atom stereocenters. The number of anilines is 1. The van der Waals surface area contributed by atoms with Gasteiger partial charge in [-0.25, -0.2) is 4.98 Å². The molecule has 0 atom stereocenters. The lowest BCUT2D eigenvalue weighted by Crippen LogP contribution is -2.13. The lowest BCUT2D eigenvalue weighted by Gasteiger charge is -2.07. The molecule has 0 aliphatic heterocycles. The largest absolute Gasteiger partial charge is 0.339 e. The van der Waals surface area contributed by atoms with Gasteiger partial charge in [-0.1, -0.05) is 12.1 Å². The van der Waals surface area contributed by atoms with Crippen LogP contribution in [-0.2, 0) is 17.1 Å². The van der Waals surface area contributed by atoms with Crippen LogP contribution < -0.4 is 4.72 Å². The van der Waals surface area contributed by atoms with Gasteiger partial charge in [0, 0.05) is 30.7 Å². The second-order valence-corrected chi connectivity index (χ2v) is 6.16. The lowest BCUT2D eigenvalue weighted by atomic mass is 10.1. The summed E-state index contributed by atoms with van der Waals surface area (Å²) in [6.07, 6.45) is 4.52. The Labute approximate surface area is 121 Å². The number of hydrogen-bond acceptors (Lipinski definition) is 4. The van der Waals surface area contributed by atoms with Crippen molar-refractivity contribution in [1.29, 1.82) is 0 Å². The lowest BCUT2D eigenvalue weighted by molar-refractivity contribution is 0.598. The van der Waals surface area contributed by atoms with Gasteiger partial charge in [0.1, 0.15) is 0 Å². The standard InChI is InChI=1S/C13H13N5O2S/c1-18-8-13(14-9-18)21(19,20)17-11-4-2-3-10(7-11)12-5-6-15-16-12/h2-9,17H,1H3,(H,15,16). The van der Waals surface area contributed by atoms with Crippen molar-refractivity contribution in [2.45, 2.75) is 5.03 Å². The number of nitrogens with zero attached hydrogens (tertiary/aromatic N) is 3. The molecule has 3 aromatic rings. The molecule has 0 radical (unpaired) electrons. The number of H-pyrrole nitrogens is 1. The van der Waals surface area contributed by atoms with E-state index in [2.05, 4.69) is 19.9 Å². The summed E-state index contributed by atoms with van der Waals surface area (Å²) in [6.45, 7) is 0. The molecular formula is C13H13N5O2S. The summed E-state index contributed by atoms with van der Waals surface area (Å²) >= 11 is 0. The van der Waals surface area contributed by atoms with E-state index in [9.17, 15) is 8.42 Å². The Balaban J connectivity index is 1.90. The number of nitrogens with one attached hydrogen (secondary N) is 2. The van der Waals surface area contributed by atoms with Crippen molar-refractivity contribution < 1.29 is 8.42 Å². The van der Waals surface area contributed by atoms with Crippen molar-refractivity contribution >= 4 is 15.7 Å². The van der Waals surface area contributed by atoms with Crippen LogP contribution in [0.2, 0.25) is 0 Å². The van der Waals surface area contributed by atoms with E-state index in [1.54, 1.807) is 36.0 Å². The van der Waals surface area contributed by atoms with Gasteiger partial charge in [-0.05, 0) is 18.2 Å². The van der Waals surface area contributed by atoms with Crippen LogP contribution in [0.5, 0.6) is 0 Å². The van der Waals surface area contributed by atoms with Gasteiger partial charge in [-0.15, -0.1) is 0 Å². The number of aryl methyl sites for hydroxylation is 1. The Kier molecular flexibility index (Phi) is 3.22. The molecular weight excluding hydrogens is 290 g/mol. The van der Waals surface area contributed by atoms with E-state index < -0.39 is 10.0 Å². The van der Waals surface area contributed by atoms with Crippen LogP contribution in [0.1, 0.15) is 0 Å². The predicted molar refractivity (Wildman–Crippen MR) is 78.0 cm³/mol. The van der Waals surface area contributed by atoms with E-state index in [0.29, 0.717) is 5.69 Å². The monoisotopic (exact) mass is 303 g/mol. The Morgan fingerprint density at radius 1 is 1.29 bits per heavy atom. The van der Waals surface area contributed by atoms with Crippen LogP contribution in [0, 0.1) is 0 Å².